The van der Waals surface area contributed by atoms with E-state index in [0.717, 1.165) is 12.0 Å². The number of benzene rings is 1. The molecule has 102 valence electrons. The highest BCUT2D eigenvalue weighted by Gasteiger charge is 2.21. The largest absolute Gasteiger partial charge is 0.393 e. The van der Waals surface area contributed by atoms with E-state index in [4.69, 9.17) is 4.52 Å². The number of nitrogens with zero attached hydrogens (tertiary/aromatic N) is 2. The van der Waals surface area contributed by atoms with Gasteiger partial charge >= 0.3 is 0 Å². The van der Waals surface area contributed by atoms with E-state index in [1.807, 2.05) is 13.0 Å². The Morgan fingerprint density at radius 1 is 1.37 bits per heavy atom. The van der Waals surface area contributed by atoms with Crippen LogP contribution in [0.15, 0.2) is 28.8 Å². The topological polar surface area (TPSA) is 59.2 Å². The zero-order valence-corrected chi connectivity index (χ0v) is 11.6. The maximum absolute atomic E-state index is 9.67. The average Bonchev–Trinajstić information content (AvgIpc) is 2.78. The lowest BCUT2D eigenvalue weighted by Gasteiger charge is -2.12. The molecule has 0 aliphatic rings. The van der Waals surface area contributed by atoms with Gasteiger partial charge in [0.15, 0.2) is 5.82 Å². The molecule has 4 heteroatoms. The molecule has 4 nitrogen and oxygen atoms in total. The minimum Gasteiger partial charge on any atom is -0.393 e. The number of aromatic nitrogens is 2. The third kappa shape index (κ3) is 3.41. The summed E-state index contributed by atoms with van der Waals surface area (Å²) in [6.45, 7) is 5.81. The van der Waals surface area contributed by atoms with Gasteiger partial charge in [0.1, 0.15) is 0 Å². The number of aliphatic hydroxyl groups excluding tert-OH is 1. The van der Waals surface area contributed by atoms with E-state index in [9.17, 15) is 5.11 Å². The van der Waals surface area contributed by atoms with Gasteiger partial charge in [-0.1, -0.05) is 41.9 Å². The summed E-state index contributed by atoms with van der Waals surface area (Å²) in [6.07, 6.45) is 0.961. The standard InChI is InChI=1S/C15H20N2O2/c1-4-13(11(3)18)15-16-14(17-19-15)9-12-7-5-6-10(2)8-12/h5-8,11,13,18H,4,9H2,1-3H3. The van der Waals surface area contributed by atoms with Crippen molar-refractivity contribution in [3.8, 4) is 0 Å². The van der Waals surface area contributed by atoms with Crippen molar-refractivity contribution in [2.45, 2.75) is 45.6 Å². The molecule has 2 atom stereocenters. The summed E-state index contributed by atoms with van der Waals surface area (Å²) < 4.78 is 5.26. The van der Waals surface area contributed by atoms with Crippen LogP contribution in [0.2, 0.25) is 0 Å². The van der Waals surface area contributed by atoms with Gasteiger partial charge < -0.3 is 9.63 Å². The summed E-state index contributed by atoms with van der Waals surface area (Å²) in [5, 5.41) is 13.7. The Hall–Kier alpha value is -1.68. The lowest BCUT2D eigenvalue weighted by atomic mass is 10.0. The average molecular weight is 260 g/mol. The van der Waals surface area contributed by atoms with Gasteiger partial charge in [-0.25, -0.2) is 0 Å². The highest BCUT2D eigenvalue weighted by atomic mass is 16.5. The Morgan fingerprint density at radius 3 is 2.79 bits per heavy atom. The molecular formula is C15H20N2O2. The molecule has 2 aromatic rings. The van der Waals surface area contributed by atoms with Crippen LogP contribution in [0.5, 0.6) is 0 Å². The van der Waals surface area contributed by atoms with Gasteiger partial charge in [0.05, 0.1) is 12.0 Å². The summed E-state index contributed by atoms with van der Waals surface area (Å²) >= 11 is 0. The quantitative estimate of drug-likeness (QED) is 0.898. The van der Waals surface area contributed by atoms with Crippen molar-refractivity contribution in [2.75, 3.05) is 0 Å². The van der Waals surface area contributed by atoms with Crippen LogP contribution in [0, 0.1) is 6.92 Å². The maximum Gasteiger partial charge on any atom is 0.232 e. The second-order valence-electron chi connectivity index (χ2n) is 4.97. The van der Waals surface area contributed by atoms with Crippen LogP contribution >= 0.6 is 0 Å². The highest BCUT2D eigenvalue weighted by Crippen LogP contribution is 2.22. The molecule has 2 rings (SSSR count). The molecule has 0 amide bonds. The fourth-order valence-electron chi connectivity index (χ4n) is 2.22. The van der Waals surface area contributed by atoms with Gasteiger partial charge in [0.25, 0.3) is 0 Å². The second-order valence-corrected chi connectivity index (χ2v) is 4.97. The highest BCUT2D eigenvalue weighted by molar-refractivity contribution is 5.24. The number of aryl methyl sites for hydroxylation is 1. The van der Waals surface area contributed by atoms with Gasteiger partial charge in [0.2, 0.25) is 5.89 Å². The van der Waals surface area contributed by atoms with Crippen LogP contribution in [0.3, 0.4) is 0 Å². The number of aliphatic hydroxyl groups is 1. The van der Waals surface area contributed by atoms with Crippen LogP contribution in [0.1, 0.15) is 49.0 Å². The predicted molar refractivity (Wildman–Crippen MR) is 73.0 cm³/mol. The summed E-state index contributed by atoms with van der Waals surface area (Å²) in [4.78, 5) is 4.39. The Bertz CT molecular complexity index is 534. The molecule has 1 aromatic carbocycles. The Balaban J connectivity index is 2.13. The van der Waals surface area contributed by atoms with Crippen molar-refractivity contribution in [1.29, 1.82) is 0 Å². The van der Waals surface area contributed by atoms with Crippen LogP contribution in [-0.4, -0.2) is 21.4 Å². The minimum absolute atomic E-state index is 0.0845. The first-order valence-corrected chi connectivity index (χ1v) is 6.66. The predicted octanol–water partition coefficient (Wildman–Crippen LogP) is 2.84. The van der Waals surface area contributed by atoms with E-state index >= 15 is 0 Å². The van der Waals surface area contributed by atoms with E-state index < -0.39 is 6.10 Å². The van der Waals surface area contributed by atoms with Gasteiger partial charge in [0, 0.05) is 6.42 Å². The summed E-state index contributed by atoms with van der Waals surface area (Å²) in [7, 11) is 0. The first kappa shape index (κ1) is 13.7. The molecular weight excluding hydrogens is 240 g/mol. The van der Waals surface area contributed by atoms with E-state index in [1.165, 1.54) is 5.56 Å². The van der Waals surface area contributed by atoms with Gasteiger partial charge in [-0.3, -0.25) is 0 Å². The lowest BCUT2D eigenvalue weighted by molar-refractivity contribution is 0.141. The van der Waals surface area contributed by atoms with Crippen molar-refractivity contribution in [2.24, 2.45) is 0 Å². The van der Waals surface area contributed by atoms with E-state index in [0.29, 0.717) is 18.1 Å². The normalized spacial score (nSPS) is 14.3. The molecule has 0 fully saturated rings. The van der Waals surface area contributed by atoms with Crippen molar-refractivity contribution in [3.63, 3.8) is 0 Å². The van der Waals surface area contributed by atoms with E-state index in [-0.39, 0.29) is 5.92 Å². The Morgan fingerprint density at radius 2 is 2.16 bits per heavy atom. The smallest absolute Gasteiger partial charge is 0.232 e. The fourth-order valence-corrected chi connectivity index (χ4v) is 2.22. The molecule has 0 saturated carbocycles. The molecule has 0 spiro atoms. The molecule has 0 saturated heterocycles. The van der Waals surface area contributed by atoms with Crippen LogP contribution < -0.4 is 0 Å². The maximum atomic E-state index is 9.67. The van der Waals surface area contributed by atoms with Crippen molar-refractivity contribution < 1.29 is 9.63 Å². The summed E-state index contributed by atoms with van der Waals surface area (Å²) in [5.74, 6) is 1.11. The molecule has 1 heterocycles. The first-order chi connectivity index (χ1) is 9.10. The summed E-state index contributed by atoms with van der Waals surface area (Å²) in [5.41, 5.74) is 2.38. The van der Waals surface area contributed by atoms with Crippen molar-refractivity contribution >= 4 is 0 Å². The van der Waals surface area contributed by atoms with Gasteiger partial charge in [-0.15, -0.1) is 0 Å². The monoisotopic (exact) mass is 260 g/mol. The SMILES string of the molecule is CCC(c1nc(Cc2cccc(C)c2)no1)C(C)O. The van der Waals surface area contributed by atoms with Crippen LogP contribution in [0.4, 0.5) is 0 Å². The molecule has 1 N–H and O–H groups in total. The molecule has 19 heavy (non-hydrogen) atoms. The van der Waals surface area contributed by atoms with E-state index in [1.54, 1.807) is 6.92 Å². The molecule has 2 unspecified atom stereocenters. The number of hydrogen-bond acceptors (Lipinski definition) is 4. The zero-order chi connectivity index (χ0) is 13.8. The van der Waals surface area contributed by atoms with Crippen LogP contribution in [0.25, 0.3) is 0 Å². The fraction of sp³-hybridized carbons (Fsp3) is 0.467. The lowest BCUT2D eigenvalue weighted by Crippen LogP contribution is -2.14. The Labute approximate surface area is 113 Å². The zero-order valence-electron chi connectivity index (χ0n) is 11.6. The van der Waals surface area contributed by atoms with Crippen molar-refractivity contribution in [3.05, 3.63) is 47.1 Å². The molecule has 0 bridgehead atoms. The van der Waals surface area contributed by atoms with Gasteiger partial charge in [-0.05, 0) is 25.8 Å². The van der Waals surface area contributed by atoms with E-state index in [2.05, 4.69) is 35.3 Å². The third-order valence-electron chi connectivity index (χ3n) is 3.27. The number of rotatable bonds is 5. The van der Waals surface area contributed by atoms with Gasteiger partial charge in [-0.2, -0.15) is 4.98 Å². The minimum atomic E-state index is -0.475. The molecule has 1 aromatic heterocycles. The third-order valence-corrected chi connectivity index (χ3v) is 3.27. The molecule has 0 radical (unpaired) electrons. The number of hydrogen-bond donors (Lipinski definition) is 1. The Kier molecular flexibility index (Phi) is 4.32. The molecule has 0 aliphatic heterocycles. The molecule has 0 aliphatic carbocycles. The second kappa shape index (κ2) is 5.97. The first-order valence-electron chi connectivity index (χ1n) is 6.66. The summed E-state index contributed by atoms with van der Waals surface area (Å²) in [6, 6.07) is 8.25. The van der Waals surface area contributed by atoms with Crippen molar-refractivity contribution in [1.82, 2.24) is 10.1 Å². The van der Waals surface area contributed by atoms with Crippen LogP contribution in [-0.2, 0) is 6.42 Å².